The van der Waals surface area contributed by atoms with Crippen LogP contribution in [0.5, 0.6) is 5.75 Å². The van der Waals surface area contributed by atoms with E-state index in [1.165, 1.54) is 0 Å². The van der Waals surface area contributed by atoms with Crippen molar-refractivity contribution in [3.63, 3.8) is 0 Å². The van der Waals surface area contributed by atoms with Gasteiger partial charge in [-0.1, -0.05) is 19.1 Å². The van der Waals surface area contributed by atoms with Crippen molar-refractivity contribution in [2.45, 2.75) is 30.4 Å². The maximum absolute atomic E-state index is 13.1. The highest BCUT2D eigenvalue weighted by Gasteiger charge is 2.24. The van der Waals surface area contributed by atoms with Gasteiger partial charge in [0.05, 0.1) is 5.69 Å². The summed E-state index contributed by atoms with van der Waals surface area (Å²) in [5, 5.41) is 3.15. The minimum absolute atomic E-state index is 0.0209. The molecule has 142 valence electrons. The largest absolute Gasteiger partial charge is 0.484 e. The molecular formula is C21H24N2O3S. The van der Waals surface area contributed by atoms with Crippen LogP contribution in [0.25, 0.3) is 0 Å². The Labute approximate surface area is 164 Å². The van der Waals surface area contributed by atoms with E-state index in [0.717, 1.165) is 17.0 Å². The highest BCUT2D eigenvalue weighted by Crippen LogP contribution is 2.37. The van der Waals surface area contributed by atoms with Gasteiger partial charge >= 0.3 is 0 Å². The Balaban J connectivity index is 1.73. The van der Waals surface area contributed by atoms with Gasteiger partial charge in [-0.3, -0.25) is 9.59 Å². The lowest BCUT2D eigenvalue weighted by atomic mass is 10.1. The molecule has 0 fully saturated rings. The molecule has 1 heterocycles. The van der Waals surface area contributed by atoms with E-state index >= 15 is 0 Å². The molecule has 0 spiro atoms. The molecule has 1 N–H and O–H groups in total. The average molecular weight is 385 g/mol. The van der Waals surface area contributed by atoms with Crippen molar-refractivity contribution in [2.24, 2.45) is 0 Å². The van der Waals surface area contributed by atoms with Crippen LogP contribution in [0.2, 0.25) is 0 Å². The molecule has 27 heavy (non-hydrogen) atoms. The monoisotopic (exact) mass is 384 g/mol. The number of nitrogens with zero attached hydrogens (tertiary/aromatic N) is 1. The van der Waals surface area contributed by atoms with E-state index in [1.54, 1.807) is 24.3 Å². The van der Waals surface area contributed by atoms with Gasteiger partial charge in [-0.05, 0) is 49.7 Å². The summed E-state index contributed by atoms with van der Waals surface area (Å²) in [6.45, 7) is 5.29. The molecule has 0 saturated carbocycles. The number of likely N-dealkylation sites (N-methyl/N-ethyl adjacent to an activating group) is 1. The molecule has 2 amide bonds. The molecule has 0 saturated heterocycles. The van der Waals surface area contributed by atoms with Crippen LogP contribution in [0.1, 0.15) is 30.6 Å². The first-order valence-corrected chi connectivity index (χ1v) is 10.0. The molecule has 6 heteroatoms. The standard InChI is InChI=1S/C21H24N2O3S/c1-3-22-20(24)14-26-17-10-8-16(9-11-17)21(25)23-13-12-15(2)27-19-7-5-4-6-18(19)23/h4-11,15H,3,12-14H2,1-2H3,(H,22,24)/t15-/m0/s1. The van der Waals surface area contributed by atoms with Gasteiger partial charge < -0.3 is 15.0 Å². The summed E-state index contributed by atoms with van der Waals surface area (Å²) in [7, 11) is 0. The second-order valence-corrected chi connectivity index (χ2v) is 7.89. The first-order valence-electron chi connectivity index (χ1n) is 9.15. The molecule has 0 radical (unpaired) electrons. The van der Waals surface area contributed by atoms with Crippen molar-refractivity contribution in [3.05, 3.63) is 54.1 Å². The van der Waals surface area contributed by atoms with E-state index in [0.29, 0.717) is 29.7 Å². The van der Waals surface area contributed by atoms with Crippen LogP contribution in [0.15, 0.2) is 53.4 Å². The number of carbonyl (C=O) groups excluding carboxylic acids is 2. The molecule has 2 aromatic carbocycles. The number of ether oxygens (including phenoxy) is 1. The van der Waals surface area contributed by atoms with Gasteiger partial charge in [-0.15, -0.1) is 11.8 Å². The Morgan fingerprint density at radius 2 is 1.93 bits per heavy atom. The number of hydrogen-bond acceptors (Lipinski definition) is 4. The summed E-state index contributed by atoms with van der Waals surface area (Å²) in [6, 6.07) is 15.0. The van der Waals surface area contributed by atoms with Crippen molar-refractivity contribution in [1.29, 1.82) is 0 Å². The van der Waals surface area contributed by atoms with Crippen LogP contribution in [-0.4, -0.2) is 36.8 Å². The molecule has 1 atom stereocenters. The molecule has 1 aliphatic heterocycles. The summed E-state index contributed by atoms with van der Waals surface area (Å²) in [6.07, 6.45) is 0.943. The maximum atomic E-state index is 13.1. The van der Waals surface area contributed by atoms with Crippen molar-refractivity contribution < 1.29 is 14.3 Å². The highest BCUT2D eigenvalue weighted by molar-refractivity contribution is 8.00. The van der Waals surface area contributed by atoms with Crippen LogP contribution >= 0.6 is 11.8 Å². The summed E-state index contributed by atoms with van der Waals surface area (Å²) in [5.41, 5.74) is 1.57. The fourth-order valence-corrected chi connectivity index (χ4v) is 4.06. The summed E-state index contributed by atoms with van der Waals surface area (Å²) in [5.74, 6) is 0.385. The minimum Gasteiger partial charge on any atom is -0.484 e. The zero-order chi connectivity index (χ0) is 19.2. The Kier molecular flexibility index (Phi) is 6.40. The van der Waals surface area contributed by atoms with Crippen LogP contribution in [0.3, 0.4) is 0 Å². The number of fused-ring (bicyclic) bond motifs is 1. The fraction of sp³-hybridized carbons (Fsp3) is 0.333. The van der Waals surface area contributed by atoms with E-state index < -0.39 is 0 Å². The first-order chi connectivity index (χ1) is 13.1. The lowest BCUT2D eigenvalue weighted by Gasteiger charge is -2.22. The third-order valence-corrected chi connectivity index (χ3v) is 5.57. The van der Waals surface area contributed by atoms with Crippen LogP contribution < -0.4 is 15.0 Å². The number of hydrogen-bond donors (Lipinski definition) is 1. The number of carbonyl (C=O) groups is 2. The number of benzene rings is 2. The SMILES string of the molecule is CCNC(=O)COc1ccc(C(=O)N2CC[C@H](C)Sc3ccccc32)cc1. The van der Waals surface area contributed by atoms with E-state index in [-0.39, 0.29) is 18.4 Å². The Morgan fingerprint density at radius 3 is 2.67 bits per heavy atom. The number of anilines is 1. The predicted octanol–water partition coefficient (Wildman–Crippen LogP) is 3.73. The number of thioether (sulfide) groups is 1. The predicted molar refractivity (Wildman–Crippen MR) is 109 cm³/mol. The minimum atomic E-state index is -0.162. The summed E-state index contributed by atoms with van der Waals surface area (Å²) in [4.78, 5) is 27.6. The third kappa shape index (κ3) is 4.83. The first kappa shape index (κ1) is 19.3. The van der Waals surface area contributed by atoms with Crippen LogP contribution in [-0.2, 0) is 4.79 Å². The lowest BCUT2D eigenvalue weighted by molar-refractivity contribution is -0.122. The molecule has 5 nitrogen and oxygen atoms in total. The van der Waals surface area contributed by atoms with E-state index in [9.17, 15) is 9.59 Å². The Bertz CT molecular complexity index is 807. The molecule has 1 aliphatic rings. The smallest absolute Gasteiger partial charge is 0.258 e. The van der Waals surface area contributed by atoms with Gasteiger partial charge in [0.15, 0.2) is 6.61 Å². The fourth-order valence-electron chi connectivity index (χ4n) is 2.94. The highest BCUT2D eigenvalue weighted by atomic mass is 32.2. The summed E-state index contributed by atoms with van der Waals surface area (Å²) >= 11 is 1.81. The van der Waals surface area contributed by atoms with E-state index in [4.69, 9.17) is 4.74 Å². The number of amides is 2. The zero-order valence-electron chi connectivity index (χ0n) is 15.6. The van der Waals surface area contributed by atoms with Gasteiger partial charge in [0, 0.05) is 28.8 Å². The topological polar surface area (TPSA) is 58.6 Å². The molecular weight excluding hydrogens is 360 g/mol. The van der Waals surface area contributed by atoms with E-state index in [1.807, 2.05) is 41.8 Å². The average Bonchev–Trinajstić information content (AvgIpc) is 2.84. The molecule has 0 aliphatic carbocycles. The molecule has 0 bridgehead atoms. The molecule has 0 unspecified atom stereocenters. The van der Waals surface area contributed by atoms with Crippen molar-refractivity contribution in [2.75, 3.05) is 24.6 Å². The second-order valence-electron chi connectivity index (χ2n) is 6.41. The number of nitrogens with one attached hydrogen (secondary N) is 1. The quantitative estimate of drug-likeness (QED) is 0.853. The van der Waals surface area contributed by atoms with Gasteiger partial charge in [-0.25, -0.2) is 0 Å². The van der Waals surface area contributed by atoms with Crippen molar-refractivity contribution >= 4 is 29.3 Å². The van der Waals surface area contributed by atoms with Crippen LogP contribution in [0, 0.1) is 0 Å². The number of para-hydroxylation sites is 1. The van der Waals surface area contributed by atoms with Crippen molar-refractivity contribution in [1.82, 2.24) is 5.32 Å². The van der Waals surface area contributed by atoms with E-state index in [2.05, 4.69) is 18.3 Å². The zero-order valence-corrected chi connectivity index (χ0v) is 16.4. The van der Waals surface area contributed by atoms with Gasteiger partial charge in [-0.2, -0.15) is 0 Å². The molecule has 0 aromatic heterocycles. The van der Waals surface area contributed by atoms with Gasteiger partial charge in [0.1, 0.15) is 5.75 Å². The Morgan fingerprint density at radius 1 is 1.19 bits per heavy atom. The Hall–Kier alpha value is -2.47. The molecule has 2 aromatic rings. The normalized spacial score (nSPS) is 16.2. The lowest BCUT2D eigenvalue weighted by Crippen LogP contribution is -2.32. The van der Waals surface area contributed by atoms with Gasteiger partial charge in [0.2, 0.25) is 0 Å². The van der Waals surface area contributed by atoms with Crippen LogP contribution in [0.4, 0.5) is 5.69 Å². The van der Waals surface area contributed by atoms with Crippen molar-refractivity contribution in [3.8, 4) is 5.75 Å². The number of rotatable bonds is 5. The third-order valence-electron chi connectivity index (χ3n) is 4.33. The van der Waals surface area contributed by atoms with Gasteiger partial charge in [0.25, 0.3) is 11.8 Å². The second kappa shape index (κ2) is 8.95. The summed E-state index contributed by atoms with van der Waals surface area (Å²) < 4.78 is 5.45. The maximum Gasteiger partial charge on any atom is 0.258 e. The molecule has 3 rings (SSSR count).